The van der Waals surface area contributed by atoms with Crippen molar-refractivity contribution in [3.8, 4) is 11.5 Å². The van der Waals surface area contributed by atoms with Crippen LogP contribution in [0.4, 0.5) is 0 Å². The van der Waals surface area contributed by atoms with Crippen molar-refractivity contribution in [1.82, 2.24) is 5.43 Å². The van der Waals surface area contributed by atoms with Crippen molar-refractivity contribution in [2.24, 2.45) is 10.8 Å². The van der Waals surface area contributed by atoms with Crippen molar-refractivity contribution in [3.63, 3.8) is 0 Å². The lowest BCUT2D eigenvalue weighted by Gasteiger charge is -1.98. The Morgan fingerprint density at radius 3 is 3.00 bits per heavy atom. The van der Waals surface area contributed by atoms with Gasteiger partial charge in [0.25, 0.3) is 0 Å². The smallest absolute Gasteiger partial charge is 0.231 e. The van der Waals surface area contributed by atoms with Crippen LogP contribution in [0.5, 0.6) is 11.5 Å². The summed E-state index contributed by atoms with van der Waals surface area (Å²) in [6.45, 7) is 2.12. The highest BCUT2D eigenvalue weighted by molar-refractivity contribution is 7.80. The third-order valence-electron chi connectivity index (χ3n) is 2.26. The van der Waals surface area contributed by atoms with Gasteiger partial charge in [-0.05, 0) is 42.9 Å². The van der Waals surface area contributed by atoms with Crippen molar-refractivity contribution < 1.29 is 9.47 Å². The number of rotatable bonds is 3. The number of fused-ring (bicyclic) bond motifs is 1. The largest absolute Gasteiger partial charge is 0.454 e. The Bertz CT molecular complexity index is 526. The van der Waals surface area contributed by atoms with Gasteiger partial charge in [-0.15, -0.1) is 0 Å². The molecule has 0 radical (unpaired) electrons. The molecule has 0 saturated heterocycles. The first-order chi connectivity index (χ1) is 8.65. The summed E-state index contributed by atoms with van der Waals surface area (Å²) in [5.41, 5.74) is 9.56. The minimum absolute atomic E-state index is 0.144. The molecule has 0 amide bonds. The maximum absolute atomic E-state index is 5.29. The summed E-state index contributed by atoms with van der Waals surface area (Å²) in [6.07, 6.45) is 3.77. The average Bonchev–Trinajstić information content (AvgIpc) is 2.81. The van der Waals surface area contributed by atoms with E-state index in [-0.39, 0.29) is 11.9 Å². The molecule has 2 rings (SSSR count). The molecule has 0 atom stereocenters. The molecular weight excluding hydrogens is 250 g/mol. The zero-order valence-corrected chi connectivity index (χ0v) is 10.7. The second-order valence-electron chi connectivity index (χ2n) is 3.68. The zero-order valence-electron chi connectivity index (χ0n) is 9.84. The van der Waals surface area contributed by atoms with Crippen LogP contribution in [0.3, 0.4) is 0 Å². The van der Waals surface area contributed by atoms with E-state index in [4.69, 9.17) is 15.2 Å². The van der Waals surface area contributed by atoms with E-state index in [1.54, 1.807) is 0 Å². The number of ether oxygens (including phenoxy) is 2. The number of hydrazone groups is 1. The van der Waals surface area contributed by atoms with Crippen LogP contribution >= 0.6 is 12.2 Å². The van der Waals surface area contributed by atoms with Gasteiger partial charge in [0.15, 0.2) is 16.6 Å². The molecule has 1 aliphatic heterocycles. The second-order valence-corrected chi connectivity index (χ2v) is 4.12. The monoisotopic (exact) mass is 263 g/mol. The minimum Gasteiger partial charge on any atom is -0.454 e. The predicted octanol–water partition coefficient (Wildman–Crippen LogP) is 1.64. The number of nitrogens with one attached hydrogen (secondary N) is 1. The van der Waals surface area contributed by atoms with Gasteiger partial charge in [0.1, 0.15) is 0 Å². The van der Waals surface area contributed by atoms with Gasteiger partial charge in [-0.3, -0.25) is 5.43 Å². The van der Waals surface area contributed by atoms with Gasteiger partial charge in [-0.25, -0.2) is 0 Å². The molecule has 18 heavy (non-hydrogen) atoms. The fourth-order valence-electron chi connectivity index (χ4n) is 1.41. The van der Waals surface area contributed by atoms with Crippen molar-refractivity contribution in [2.75, 3.05) is 6.79 Å². The summed E-state index contributed by atoms with van der Waals surface area (Å²) in [5, 5.41) is 4.11. The molecule has 0 aromatic heterocycles. The standard InChI is InChI=1S/C12H13N3O2S/c1-8(14-15-12(13)18)2-3-9-4-5-10-11(6-9)17-7-16-10/h2-6H,7H2,1H3,(H3,13,15,18)/b3-2?,14-8+. The van der Waals surface area contributed by atoms with Gasteiger partial charge < -0.3 is 15.2 Å². The molecule has 5 nitrogen and oxygen atoms in total. The van der Waals surface area contributed by atoms with Crippen LogP contribution < -0.4 is 20.6 Å². The maximum atomic E-state index is 5.29. The van der Waals surface area contributed by atoms with E-state index in [0.717, 1.165) is 22.8 Å². The van der Waals surface area contributed by atoms with E-state index in [1.165, 1.54) is 0 Å². The van der Waals surface area contributed by atoms with Gasteiger partial charge in [-0.2, -0.15) is 5.10 Å². The lowest BCUT2D eigenvalue weighted by Crippen LogP contribution is -2.24. The molecule has 3 N–H and O–H groups in total. The van der Waals surface area contributed by atoms with Gasteiger partial charge in [0.2, 0.25) is 6.79 Å². The number of benzene rings is 1. The fourth-order valence-corrected chi connectivity index (χ4v) is 1.46. The van der Waals surface area contributed by atoms with Crippen LogP contribution in [0.1, 0.15) is 12.5 Å². The summed E-state index contributed by atoms with van der Waals surface area (Å²) in [4.78, 5) is 0. The lowest BCUT2D eigenvalue weighted by molar-refractivity contribution is 0.174. The number of allylic oxidation sites excluding steroid dienone is 1. The van der Waals surface area contributed by atoms with Crippen molar-refractivity contribution in [1.29, 1.82) is 0 Å². The molecule has 1 aromatic carbocycles. The molecule has 1 aliphatic rings. The van der Waals surface area contributed by atoms with Crippen molar-refractivity contribution >= 4 is 29.1 Å². The highest BCUT2D eigenvalue weighted by Gasteiger charge is 2.11. The Hall–Kier alpha value is -2.08. The van der Waals surface area contributed by atoms with Gasteiger partial charge >= 0.3 is 0 Å². The van der Waals surface area contributed by atoms with Crippen LogP contribution in [0.25, 0.3) is 6.08 Å². The molecule has 1 aromatic rings. The topological polar surface area (TPSA) is 68.9 Å². The molecule has 0 unspecified atom stereocenters. The summed E-state index contributed by atoms with van der Waals surface area (Å²) < 4.78 is 10.5. The highest BCUT2D eigenvalue weighted by Crippen LogP contribution is 2.32. The quantitative estimate of drug-likeness (QED) is 0.493. The minimum atomic E-state index is 0.144. The van der Waals surface area contributed by atoms with E-state index in [2.05, 4.69) is 22.7 Å². The van der Waals surface area contributed by atoms with Crippen LogP contribution in [-0.4, -0.2) is 17.6 Å². The average molecular weight is 263 g/mol. The number of nitrogens with two attached hydrogens (primary N) is 1. The highest BCUT2D eigenvalue weighted by atomic mass is 32.1. The van der Waals surface area contributed by atoms with Crippen LogP contribution in [0, 0.1) is 0 Å². The fraction of sp³-hybridized carbons (Fsp3) is 0.167. The van der Waals surface area contributed by atoms with Gasteiger partial charge in [-0.1, -0.05) is 12.1 Å². The summed E-state index contributed by atoms with van der Waals surface area (Å²) in [5.74, 6) is 1.53. The Labute approximate surface area is 110 Å². The lowest BCUT2D eigenvalue weighted by atomic mass is 10.2. The summed E-state index contributed by atoms with van der Waals surface area (Å²) >= 11 is 4.65. The molecule has 0 saturated carbocycles. The SMILES string of the molecule is C/C(C=Cc1ccc2c(c1)OCO2)=N\NC(N)=S. The van der Waals surface area contributed by atoms with Gasteiger partial charge in [0, 0.05) is 0 Å². The normalized spacial score (nSPS) is 13.9. The van der Waals surface area contributed by atoms with Crippen molar-refractivity contribution in [2.45, 2.75) is 6.92 Å². The molecule has 94 valence electrons. The van der Waals surface area contributed by atoms with Crippen LogP contribution in [0.2, 0.25) is 0 Å². The first kappa shape index (κ1) is 12.4. The first-order valence-electron chi connectivity index (χ1n) is 5.32. The maximum Gasteiger partial charge on any atom is 0.231 e. The number of thiocarbonyl (C=S) groups is 1. The third kappa shape index (κ3) is 3.21. The predicted molar refractivity (Wildman–Crippen MR) is 74.6 cm³/mol. The van der Waals surface area contributed by atoms with Crippen LogP contribution in [0.15, 0.2) is 29.4 Å². The number of hydrogen-bond donors (Lipinski definition) is 2. The number of hydrogen-bond acceptors (Lipinski definition) is 4. The molecule has 1 heterocycles. The first-order valence-corrected chi connectivity index (χ1v) is 5.73. The van der Waals surface area contributed by atoms with E-state index in [9.17, 15) is 0 Å². The number of nitrogens with zero attached hydrogens (tertiary/aromatic N) is 1. The molecular formula is C12H13N3O2S. The van der Waals surface area contributed by atoms with E-state index in [1.807, 2.05) is 37.3 Å². The van der Waals surface area contributed by atoms with E-state index >= 15 is 0 Å². The van der Waals surface area contributed by atoms with E-state index < -0.39 is 0 Å². The second kappa shape index (κ2) is 5.50. The third-order valence-corrected chi connectivity index (χ3v) is 2.35. The summed E-state index contributed by atoms with van der Waals surface area (Å²) in [7, 11) is 0. The Kier molecular flexibility index (Phi) is 3.78. The van der Waals surface area contributed by atoms with E-state index in [0.29, 0.717) is 0 Å². The summed E-state index contributed by atoms with van der Waals surface area (Å²) in [6, 6.07) is 5.73. The Balaban J connectivity index is 2.05. The molecule has 6 heteroatoms. The molecule has 0 spiro atoms. The zero-order chi connectivity index (χ0) is 13.0. The molecule has 0 bridgehead atoms. The van der Waals surface area contributed by atoms with Gasteiger partial charge in [0.05, 0.1) is 5.71 Å². The van der Waals surface area contributed by atoms with Crippen molar-refractivity contribution in [3.05, 3.63) is 29.8 Å². The molecule has 0 aliphatic carbocycles. The molecule has 0 fully saturated rings. The Morgan fingerprint density at radius 1 is 1.44 bits per heavy atom. The Morgan fingerprint density at radius 2 is 2.22 bits per heavy atom. The van der Waals surface area contributed by atoms with Crippen LogP contribution in [-0.2, 0) is 0 Å².